The average Bonchev–Trinajstić information content (AvgIpc) is 3.66. The van der Waals surface area contributed by atoms with Crippen molar-refractivity contribution in [2.75, 3.05) is 0 Å². The molecule has 0 saturated carbocycles. The summed E-state index contributed by atoms with van der Waals surface area (Å²) in [4.78, 5) is 0. The first-order valence-corrected chi connectivity index (χ1v) is 25.8. The Morgan fingerprint density at radius 2 is 0.761 bits per heavy atom. The second kappa shape index (κ2) is 16.8. The Morgan fingerprint density at radius 3 is 1.15 bits per heavy atom. The molecular formula is C42H36Cl2GeZr. The molecule has 2 radical (unpaired) electrons. The first-order valence-electron chi connectivity index (χ1n) is 15.3. The summed E-state index contributed by atoms with van der Waals surface area (Å²) in [5.41, 5.74) is 7.94. The van der Waals surface area contributed by atoms with Crippen LogP contribution >= 0.6 is 17.0 Å². The van der Waals surface area contributed by atoms with Crippen LogP contribution in [0, 0.1) is 13.8 Å². The molecule has 0 amide bonds. The second-order valence-corrected chi connectivity index (χ2v) is 17.1. The van der Waals surface area contributed by atoms with Crippen molar-refractivity contribution in [3.8, 4) is 22.3 Å². The summed E-state index contributed by atoms with van der Waals surface area (Å²) >= 11 is -0.326. The number of hydrogen-bond donors (Lipinski definition) is 0. The van der Waals surface area contributed by atoms with E-state index in [1.165, 1.54) is 76.5 Å². The van der Waals surface area contributed by atoms with Gasteiger partial charge >= 0.3 is 64.8 Å². The molecule has 4 heteroatoms. The number of fused-ring (bicyclic) bond motifs is 4. The number of aryl methyl sites for hydroxylation is 2. The molecule has 0 aliphatic rings. The molecule has 0 fully saturated rings. The predicted molar refractivity (Wildman–Crippen MR) is 204 cm³/mol. The third-order valence-corrected chi connectivity index (χ3v) is 7.95. The van der Waals surface area contributed by atoms with Gasteiger partial charge in [-0.2, -0.15) is 12.1 Å². The van der Waals surface area contributed by atoms with Crippen LogP contribution in [0.25, 0.3) is 65.3 Å². The third kappa shape index (κ3) is 7.95. The molecule has 0 N–H and O–H groups in total. The van der Waals surface area contributed by atoms with Crippen molar-refractivity contribution in [3.05, 3.63) is 157 Å². The molecule has 0 aromatic heterocycles. The van der Waals surface area contributed by atoms with Crippen molar-refractivity contribution >= 4 is 75.5 Å². The SMILES string of the molecule is Cc1cc2c(-c3cccc4ccccc34)cccc2[cH-]1.Cc1cc2c(-c3cccc4ccccc34)cccc2[cH-]1.[CH3][Ge][CH3].[Cl][Zr+2][Cl]. The monoisotopic (exact) mass is 774 g/mol. The molecular weight excluding hydrogens is 739 g/mol. The Balaban J connectivity index is 0.000000155. The van der Waals surface area contributed by atoms with Gasteiger partial charge in [-0.1, -0.05) is 122 Å². The van der Waals surface area contributed by atoms with Crippen molar-refractivity contribution < 1.29 is 20.8 Å². The van der Waals surface area contributed by atoms with Gasteiger partial charge in [0.1, 0.15) is 0 Å². The zero-order valence-electron chi connectivity index (χ0n) is 26.6. The zero-order chi connectivity index (χ0) is 32.5. The fourth-order valence-electron chi connectivity index (χ4n) is 6.16. The molecule has 8 aromatic carbocycles. The maximum atomic E-state index is 4.93. The fraction of sp³-hybridized carbons (Fsp3) is 0.0952. The zero-order valence-corrected chi connectivity index (χ0v) is 32.7. The Bertz CT molecular complexity index is 2020. The fourth-order valence-corrected chi connectivity index (χ4v) is 6.16. The van der Waals surface area contributed by atoms with Crippen molar-refractivity contribution in [1.29, 1.82) is 0 Å². The van der Waals surface area contributed by atoms with Crippen LogP contribution in [0.15, 0.2) is 146 Å². The second-order valence-electron chi connectivity index (χ2n) is 11.3. The van der Waals surface area contributed by atoms with Crippen LogP contribution in [-0.2, 0) is 20.8 Å². The van der Waals surface area contributed by atoms with Gasteiger partial charge in [-0.3, -0.25) is 0 Å². The summed E-state index contributed by atoms with van der Waals surface area (Å²) in [6, 6.07) is 52.5. The topological polar surface area (TPSA) is 0 Å². The van der Waals surface area contributed by atoms with Gasteiger partial charge in [0.25, 0.3) is 0 Å². The molecule has 0 bridgehead atoms. The van der Waals surface area contributed by atoms with Crippen molar-refractivity contribution in [3.63, 3.8) is 0 Å². The Morgan fingerprint density at radius 1 is 0.457 bits per heavy atom. The van der Waals surface area contributed by atoms with Gasteiger partial charge in [-0.15, -0.1) is 69.1 Å². The molecule has 0 saturated heterocycles. The van der Waals surface area contributed by atoms with Crippen molar-refractivity contribution in [2.45, 2.75) is 25.4 Å². The third-order valence-electron chi connectivity index (χ3n) is 7.95. The number of halogens is 2. The summed E-state index contributed by atoms with van der Waals surface area (Å²) in [7, 11) is 9.87. The molecule has 226 valence electrons. The number of benzene rings is 6. The molecule has 0 nitrogen and oxygen atoms in total. The molecule has 0 atom stereocenters. The van der Waals surface area contributed by atoms with E-state index in [1.807, 2.05) is 0 Å². The van der Waals surface area contributed by atoms with Gasteiger partial charge < -0.3 is 0 Å². The molecule has 0 heterocycles. The molecule has 0 unspecified atom stereocenters. The van der Waals surface area contributed by atoms with E-state index in [9.17, 15) is 0 Å². The maximum absolute atomic E-state index is 4.93. The van der Waals surface area contributed by atoms with Gasteiger partial charge in [0.15, 0.2) is 0 Å². The quantitative estimate of drug-likeness (QED) is 0.121. The van der Waals surface area contributed by atoms with E-state index in [-0.39, 0.29) is 0 Å². The average molecular weight is 775 g/mol. The van der Waals surface area contributed by atoms with E-state index in [0.29, 0.717) is 15.4 Å². The summed E-state index contributed by atoms with van der Waals surface area (Å²) in [5, 5.41) is 10.6. The Labute approximate surface area is 298 Å². The predicted octanol–water partition coefficient (Wildman–Crippen LogP) is 13.5. The number of rotatable bonds is 2. The van der Waals surface area contributed by atoms with Gasteiger partial charge in [0, 0.05) is 0 Å². The molecule has 0 aliphatic heterocycles. The Hall–Kier alpha value is -2.93. The van der Waals surface area contributed by atoms with E-state index >= 15 is 0 Å². The minimum atomic E-state index is -0.826. The van der Waals surface area contributed by atoms with E-state index in [4.69, 9.17) is 17.0 Å². The molecule has 0 aliphatic carbocycles. The molecule has 8 rings (SSSR count). The van der Waals surface area contributed by atoms with Crippen LogP contribution in [0.4, 0.5) is 0 Å². The van der Waals surface area contributed by atoms with E-state index in [1.54, 1.807) is 0 Å². The van der Waals surface area contributed by atoms with Gasteiger partial charge in [0.2, 0.25) is 0 Å². The molecule has 8 aromatic rings. The number of hydrogen-bond acceptors (Lipinski definition) is 0. The standard InChI is InChI=1S/2C20H15.C2H6Ge.2ClH.Zr/c2*1-14-12-16-8-5-11-19(20(16)13-14)18-10-4-7-15-6-2-3-9-17(15)18;1-3-2;;;/h2*2-13H,1H3;1-2H3;2*1H;/q2*-1;;;;+4/p-2. The molecule has 46 heavy (non-hydrogen) atoms. The van der Waals surface area contributed by atoms with Gasteiger partial charge in [-0.25, -0.2) is 0 Å². The van der Waals surface area contributed by atoms with Crippen LogP contribution in [0.2, 0.25) is 11.5 Å². The van der Waals surface area contributed by atoms with E-state index in [2.05, 4.69) is 171 Å². The van der Waals surface area contributed by atoms with Crippen LogP contribution in [0.1, 0.15) is 11.1 Å². The first kappa shape index (κ1) is 34.4. The van der Waals surface area contributed by atoms with Crippen LogP contribution in [0.5, 0.6) is 0 Å². The Kier molecular flexibility index (Phi) is 12.5. The molecule has 0 spiro atoms. The van der Waals surface area contributed by atoms with Crippen molar-refractivity contribution in [2.24, 2.45) is 0 Å². The van der Waals surface area contributed by atoms with Crippen LogP contribution in [0.3, 0.4) is 0 Å². The minimum absolute atomic E-state index is 0.500. The summed E-state index contributed by atoms with van der Waals surface area (Å²) in [6.45, 7) is 4.32. The van der Waals surface area contributed by atoms with Crippen molar-refractivity contribution in [1.82, 2.24) is 0 Å². The van der Waals surface area contributed by atoms with Crippen LogP contribution in [-0.4, -0.2) is 15.4 Å². The summed E-state index contributed by atoms with van der Waals surface area (Å²) < 4.78 is 0. The van der Waals surface area contributed by atoms with Gasteiger partial charge in [-0.05, 0) is 32.7 Å². The van der Waals surface area contributed by atoms with E-state index in [0.717, 1.165) is 0 Å². The van der Waals surface area contributed by atoms with Crippen LogP contribution < -0.4 is 0 Å². The first-order chi connectivity index (χ1) is 22.5. The normalized spacial score (nSPS) is 10.4. The van der Waals surface area contributed by atoms with E-state index < -0.39 is 20.8 Å². The van der Waals surface area contributed by atoms with Gasteiger partial charge in [0.05, 0.1) is 0 Å². The summed E-state index contributed by atoms with van der Waals surface area (Å²) in [6.07, 6.45) is 0. The summed E-state index contributed by atoms with van der Waals surface area (Å²) in [5.74, 6) is 4.50.